The zero-order chi connectivity index (χ0) is 21.0. The molecule has 9 heteroatoms. The van der Waals surface area contributed by atoms with Crippen LogP contribution in [0.4, 0.5) is 18.9 Å². The van der Waals surface area contributed by atoms with Gasteiger partial charge in [-0.25, -0.2) is 0 Å². The Hall–Kier alpha value is -2.45. The quantitative estimate of drug-likeness (QED) is 0.490. The molecule has 0 fully saturated rings. The van der Waals surface area contributed by atoms with Crippen molar-refractivity contribution in [1.29, 1.82) is 0 Å². The molecule has 0 radical (unpaired) electrons. The van der Waals surface area contributed by atoms with Gasteiger partial charge in [-0.3, -0.25) is 4.79 Å². The Kier molecular flexibility index (Phi) is 6.54. The number of hydrogen-bond donors (Lipinski definition) is 1. The number of anilines is 1. The van der Waals surface area contributed by atoms with Crippen LogP contribution in [0.25, 0.3) is 11.3 Å². The highest BCUT2D eigenvalue weighted by Gasteiger charge is 2.33. The van der Waals surface area contributed by atoms with E-state index >= 15 is 0 Å². The zero-order valence-corrected chi connectivity index (χ0v) is 16.7. The van der Waals surface area contributed by atoms with Crippen LogP contribution in [0.5, 0.6) is 0 Å². The van der Waals surface area contributed by atoms with Crippen LogP contribution in [-0.4, -0.2) is 16.3 Å². The van der Waals surface area contributed by atoms with Gasteiger partial charge in [-0.1, -0.05) is 41.0 Å². The first-order chi connectivity index (χ1) is 13.7. The van der Waals surface area contributed by atoms with Crippen LogP contribution in [0.3, 0.4) is 0 Å². The molecule has 3 aromatic rings. The van der Waals surface area contributed by atoms with Crippen LogP contribution in [0.1, 0.15) is 18.2 Å². The number of benzene rings is 2. The molecule has 4 nitrogen and oxygen atoms in total. The lowest BCUT2D eigenvalue weighted by Crippen LogP contribution is -2.24. The fraction of sp³-hybridized carbons (Fsp3) is 0.200. The number of nitrogens with zero attached hydrogens (tertiary/aromatic N) is 1. The van der Waals surface area contributed by atoms with E-state index in [1.54, 1.807) is 25.1 Å². The summed E-state index contributed by atoms with van der Waals surface area (Å²) in [6.45, 7) is 1.62. The van der Waals surface area contributed by atoms with Crippen LogP contribution in [0.2, 0.25) is 5.02 Å². The highest BCUT2D eigenvalue weighted by molar-refractivity contribution is 7.99. The number of carbonyl (C=O) groups excluding carboxylic acids is 1. The first kappa shape index (κ1) is 21.3. The van der Waals surface area contributed by atoms with Gasteiger partial charge in [-0.2, -0.15) is 13.2 Å². The SMILES string of the molecule is CC(SCc1cc(-c2ccc(Cl)cc2)no1)C(=O)Nc1ccccc1C(F)(F)F. The number of carbonyl (C=O) groups is 1. The van der Waals surface area contributed by atoms with Gasteiger partial charge in [0.15, 0.2) is 0 Å². The van der Waals surface area contributed by atoms with E-state index in [0.29, 0.717) is 22.2 Å². The van der Waals surface area contributed by atoms with Gasteiger partial charge in [0.1, 0.15) is 11.5 Å². The van der Waals surface area contributed by atoms with Crippen molar-refractivity contribution in [1.82, 2.24) is 5.16 Å². The van der Waals surface area contributed by atoms with E-state index in [9.17, 15) is 18.0 Å². The van der Waals surface area contributed by atoms with E-state index < -0.39 is 22.9 Å². The topological polar surface area (TPSA) is 55.1 Å². The normalized spacial score (nSPS) is 12.6. The number of halogens is 4. The number of hydrogen-bond acceptors (Lipinski definition) is 4. The third kappa shape index (κ3) is 5.55. The summed E-state index contributed by atoms with van der Waals surface area (Å²) in [4.78, 5) is 12.3. The molecule has 1 aromatic heterocycles. The average Bonchev–Trinajstić information content (AvgIpc) is 3.15. The molecule has 0 bridgehead atoms. The van der Waals surface area contributed by atoms with Crippen LogP contribution in [-0.2, 0) is 16.7 Å². The standard InChI is InChI=1S/C20H16ClF3N2O2S/c1-12(19(27)25-17-5-3-2-4-16(17)20(22,23)24)29-11-15-10-18(26-28-15)13-6-8-14(21)9-7-13/h2-10,12H,11H2,1H3,(H,25,27). The number of para-hydroxylation sites is 1. The van der Waals surface area contributed by atoms with Crippen LogP contribution in [0, 0.1) is 0 Å². The van der Waals surface area contributed by atoms with E-state index in [4.69, 9.17) is 16.1 Å². The number of rotatable bonds is 6. The molecule has 0 saturated heterocycles. The number of alkyl halides is 3. The van der Waals surface area contributed by atoms with Gasteiger partial charge < -0.3 is 9.84 Å². The number of thioether (sulfide) groups is 1. The predicted molar refractivity (Wildman–Crippen MR) is 108 cm³/mol. The fourth-order valence-electron chi connectivity index (χ4n) is 2.49. The molecule has 1 N–H and O–H groups in total. The summed E-state index contributed by atoms with van der Waals surface area (Å²) < 4.78 is 44.4. The van der Waals surface area contributed by atoms with E-state index in [0.717, 1.165) is 11.6 Å². The summed E-state index contributed by atoms with van der Waals surface area (Å²) in [6, 6.07) is 13.7. The van der Waals surface area contributed by atoms with Crippen molar-refractivity contribution < 1.29 is 22.5 Å². The van der Waals surface area contributed by atoms with E-state index in [-0.39, 0.29) is 5.69 Å². The van der Waals surface area contributed by atoms with E-state index in [1.807, 2.05) is 12.1 Å². The monoisotopic (exact) mass is 440 g/mol. The van der Waals surface area contributed by atoms with Crippen molar-refractivity contribution in [3.8, 4) is 11.3 Å². The summed E-state index contributed by atoms with van der Waals surface area (Å²) in [5.74, 6) is 0.371. The third-order valence-corrected chi connectivity index (χ3v) is 5.45. The molecule has 0 aliphatic rings. The molecular weight excluding hydrogens is 425 g/mol. The van der Waals surface area contributed by atoms with Crippen molar-refractivity contribution in [3.05, 3.63) is 70.9 Å². The molecule has 29 heavy (non-hydrogen) atoms. The second kappa shape index (κ2) is 8.92. The summed E-state index contributed by atoms with van der Waals surface area (Å²) in [5.41, 5.74) is 0.327. The van der Waals surface area contributed by atoms with Crippen LogP contribution in [0.15, 0.2) is 59.1 Å². The van der Waals surface area contributed by atoms with Gasteiger partial charge in [0.25, 0.3) is 0 Å². The maximum atomic E-state index is 13.1. The van der Waals surface area contributed by atoms with Gasteiger partial charge in [-0.15, -0.1) is 11.8 Å². The highest BCUT2D eigenvalue weighted by atomic mass is 35.5. The van der Waals surface area contributed by atoms with Gasteiger partial charge in [0.2, 0.25) is 5.91 Å². The van der Waals surface area contributed by atoms with Crippen LogP contribution >= 0.6 is 23.4 Å². The number of nitrogens with one attached hydrogen (secondary N) is 1. The Labute approximate surface area is 174 Å². The molecule has 2 aromatic carbocycles. The van der Waals surface area contributed by atoms with Crippen molar-refractivity contribution in [2.45, 2.75) is 24.1 Å². The second-order valence-electron chi connectivity index (χ2n) is 6.17. The Bertz CT molecular complexity index is 990. The van der Waals surface area contributed by atoms with E-state index in [1.165, 1.54) is 30.0 Å². The highest BCUT2D eigenvalue weighted by Crippen LogP contribution is 2.35. The van der Waals surface area contributed by atoms with E-state index in [2.05, 4.69) is 10.5 Å². The summed E-state index contributed by atoms with van der Waals surface area (Å²) in [7, 11) is 0. The van der Waals surface area contributed by atoms with Crippen LogP contribution < -0.4 is 5.32 Å². The molecule has 1 heterocycles. The lowest BCUT2D eigenvalue weighted by atomic mass is 10.1. The molecule has 1 atom stereocenters. The fourth-order valence-corrected chi connectivity index (χ4v) is 3.38. The average molecular weight is 441 g/mol. The Morgan fingerprint density at radius 3 is 2.59 bits per heavy atom. The lowest BCUT2D eigenvalue weighted by Gasteiger charge is -2.15. The molecule has 0 spiro atoms. The molecular formula is C20H16ClF3N2O2S. The largest absolute Gasteiger partial charge is 0.418 e. The Morgan fingerprint density at radius 2 is 1.90 bits per heavy atom. The Morgan fingerprint density at radius 1 is 1.21 bits per heavy atom. The first-order valence-corrected chi connectivity index (χ1v) is 9.97. The number of amides is 1. The minimum Gasteiger partial charge on any atom is -0.360 e. The van der Waals surface area contributed by atoms with Crippen molar-refractivity contribution in [2.75, 3.05) is 5.32 Å². The molecule has 0 aliphatic carbocycles. The second-order valence-corrected chi connectivity index (χ2v) is 7.94. The smallest absolute Gasteiger partial charge is 0.360 e. The minimum atomic E-state index is -4.54. The maximum absolute atomic E-state index is 13.1. The molecule has 3 rings (SSSR count). The summed E-state index contributed by atoms with van der Waals surface area (Å²) in [5, 5.41) is 6.35. The molecule has 1 amide bonds. The molecule has 1 unspecified atom stereocenters. The molecule has 0 aliphatic heterocycles. The minimum absolute atomic E-state index is 0.262. The van der Waals surface area contributed by atoms with Crippen molar-refractivity contribution in [2.24, 2.45) is 0 Å². The van der Waals surface area contributed by atoms with Gasteiger partial charge in [-0.05, 0) is 31.2 Å². The first-order valence-electron chi connectivity index (χ1n) is 8.54. The summed E-state index contributed by atoms with van der Waals surface area (Å²) in [6.07, 6.45) is -4.54. The van der Waals surface area contributed by atoms with Gasteiger partial charge in [0, 0.05) is 16.7 Å². The molecule has 152 valence electrons. The van der Waals surface area contributed by atoms with Crippen molar-refractivity contribution in [3.63, 3.8) is 0 Å². The summed E-state index contributed by atoms with van der Waals surface area (Å²) >= 11 is 7.10. The van der Waals surface area contributed by atoms with Gasteiger partial charge in [0.05, 0.1) is 22.3 Å². The zero-order valence-electron chi connectivity index (χ0n) is 15.2. The number of aromatic nitrogens is 1. The van der Waals surface area contributed by atoms with Gasteiger partial charge >= 0.3 is 6.18 Å². The maximum Gasteiger partial charge on any atom is 0.418 e. The molecule has 0 saturated carbocycles. The third-order valence-electron chi connectivity index (χ3n) is 4.03. The van der Waals surface area contributed by atoms with Crippen molar-refractivity contribution >= 4 is 35.0 Å². The Balaban J connectivity index is 1.59. The predicted octanol–water partition coefficient (Wildman–Crippen LogP) is 6.27. The lowest BCUT2D eigenvalue weighted by molar-refractivity contribution is -0.137.